The molecule has 3 nitrogen and oxygen atoms in total. The second kappa shape index (κ2) is 2.50. The van der Waals surface area contributed by atoms with Crippen molar-refractivity contribution in [2.45, 2.75) is 25.8 Å². The van der Waals surface area contributed by atoms with Crippen LogP contribution in [0.25, 0.3) is 10.9 Å². The van der Waals surface area contributed by atoms with Gasteiger partial charge in [-0.15, -0.1) is 0 Å². The third kappa shape index (κ3) is 0.953. The molecule has 0 amide bonds. The van der Waals surface area contributed by atoms with Gasteiger partial charge in [-0.25, -0.2) is 0 Å². The molecule has 72 valence electrons. The predicted octanol–water partition coefficient (Wildman–Crippen LogP) is 2.39. The van der Waals surface area contributed by atoms with E-state index in [1.165, 1.54) is 19.0 Å². The topological polar surface area (TPSA) is 38.1 Å². The molecule has 0 bridgehead atoms. The lowest BCUT2D eigenvalue weighted by molar-refractivity contribution is 0.479. The minimum atomic E-state index is 0.282. The summed E-state index contributed by atoms with van der Waals surface area (Å²) in [6.07, 6.45) is 6.07. The Balaban J connectivity index is 2.37. The fraction of sp³-hybridized carbons (Fsp3) is 0.364. The van der Waals surface area contributed by atoms with E-state index in [-0.39, 0.29) is 5.75 Å². The Kier molecular flexibility index (Phi) is 1.40. The maximum absolute atomic E-state index is 9.64. The summed E-state index contributed by atoms with van der Waals surface area (Å²) in [6, 6.07) is 2.60. The van der Waals surface area contributed by atoms with Crippen molar-refractivity contribution in [3.05, 3.63) is 24.2 Å². The molecule has 3 rings (SSSR count). The third-order valence-electron chi connectivity index (χ3n) is 2.85. The Morgan fingerprint density at radius 2 is 2.29 bits per heavy atom. The molecule has 1 saturated carbocycles. The summed E-state index contributed by atoms with van der Waals surface area (Å²) in [6.45, 7) is 1.99. The van der Waals surface area contributed by atoms with Crippen molar-refractivity contribution in [3.8, 4) is 5.75 Å². The summed E-state index contributed by atoms with van der Waals surface area (Å²) in [7, 11) is 0. The predicted molar refractivity (Wildman–Crippen MR) is 54.4 cm³/mol. The number of nitrogens with zero attached hydrogens (tertiary/aromatic N) is 2. The number of aryl methyl sites for hydroxylation is 1. The first-order valence-corrected chi connectivity index (χ1v) is 4.92. The van der Waals surface area contributed by atoms with Gasteiger partial charge in [-0.1, -0.05) is 0 Å². The fourth-order valence-corrected chi connectivity index (χ4v) is 1.98. The summed E-state index contributed by atoms with van der Waals surface area (Å²) in [5.74, 6) is 0.282. The van der Waals surface area contributed by atoms with Crippen molar-refractivity contribution in [1.82, 2.24) is 9.55 Å². The summed E-state index contributed by atoms with van der Waals surface area (Å²) in [5.41, 5.74) is 2.09. The lowest BCUT2D eigenvalue weighted by atomic mass is 10.2. The van der Waals surface area contributed by atoms with Gasteiger partial charge in [0.2, 0.25) is 0 Å². The van der Waals surface area contributed by atoms with Crippen LogP contribution in [0.3, 0.4) is 0 Å². The Morgan fingerprint density at radius 1 is 1.50 bits per heavy atom. The van der Waals surface area contributed by atoms with E-state index in [4.69, 9.17) is 0 Å². The van der Waals surface area contributed by atoms with Gasteiger partial charge >= 0.3 is 0 Å². The molecule has 3 heteroatoms. The van der Waals surface area contributed by atoms with Crippen LogP contribution in [0.2, 0.25) is 0 Å². The van der Waals surface area contributed by atoms with Gasteiger partial charge in [0.25, 0.3) is 0 Å². The Bertz CT molecular complexity index is 497. The zero-order chi connectivity index (χ0) is 9.71. The van der Waals surface area contributed by atoms with Crippen LogP contribution in [-0.2, 0) is 0 Å². The van der Waals surface area contributed by atoms with Crippen molar-refractivity contribution in [2.75, 3.05) is 0 Å². The van der Waals surface area contributed by atoms with Crippen molar-refractivity contribution < 1.29 is 5.11 Å². The van der Waals surface area contributed by atoms with Crippen LogP contribution in [0.1, 0.15) is 24.6 Å². The molecule has 2 aromatic rings. The molecule has 0 spiro atoms. The van der Waals surface area contributed by atoms with E-state index in [1.54, 1.807) is 0 Å². The van der Waals surface area contributed by atoms with E-state index in [1.807, 2.05) is 13.0 Å². The second-order valence-electron chi connectivity index (χ2n) is 3.95. The molecule has 0 saturated heterocycles. The van der Waals surface area contributed by atoms with Crippen LogP contribution in [0.5, 0.6) is 5.75 Å². The molecule has 1 fully saturated rings. The number of fused-ring (bicyclic) bond motifs is 1. The van der Waals surface area contributed by atoms with Gasteiger partial charge in [0, 0.05) is 17.6 Å². The average Bonchev–Trinajstić information content (AvgIpc) is 2.91. The number of aromatic nitrogens is 2. The average molecular weight is 188 g/mol. The van der Waals surface area contributed by atoms with Gasteiger partial charge in [-0.2, -0.15) is 0 Å². The zero-order valence-corrected chi connectivity index (χ0v) is 8.07. The molecular weight excluding hydrogens is 176 g/mol. The van der Waals surface area contributed by atoms with Crippen LogP contribution in [-0.4, -0.2) is 14.7 Å². The van der Waals surface area contributed by atoms with Crippen LogP contribution < -0.4 is 0 Å². The van der Waals surface area contributed by atoms with Crippen molar-refractivity contribution in [1.29, 1.82) is 0 Å². The number of aromatic hydroxyl groups is 1. The highest BCUT2D eigenvalue weighted by molar-refractivity contribution is 5.87. The van der Waals surface area contributed by atoms with Crippen LogP contribution in [0.4, 0.5) is 0 Å². The largest absolute Gasteiger partial charge is 0.506 e. The lowest BCUT2D eigenvalue weighted by Gasteiger charge is -2.05. The Hall–Kier alpha value is -1.51. The highest BCUT2D eigenvalue weighted by Gasteiger charge is 2.25. The quantitative estimate of drug-likeness (QED) is 0.746. The minimum Gasteiger partial charge on any atom is -0.506 e. The number of hydrogen-bond donors (Lipinski definition) is 1. The second-order valence-corrected chi connectivity index (χ2v) is 3.95. The molecule has 0 atom stereocenters. The molecule has 14 heavy (non-hydrogen) atoms. The first-order chi connectivity index (χ1) is 6.77. The van der Waals surface area contributed by atoms with E-state index in [0.717, 1.165) is 16.6 Å². The van der Waals surface area contributed by atoms with Gasteiger partial charge in [0.1, 0.15) is 5.75 Å². The molecule has 0 unspecified atom stereocenters. The maximum Gasteiger partial charge on any atom is 0.143 e. The first kappa shape index (κ1) is 7.85. The minimum absolute atomic E-state index is 0.282. The van der Waals surface area contributed by atoms with Crippen molar-refractivity contribution in [2.24, 2.45) is 0 Å². The number of rotatable bonds is 1. The van der Waals surface area contributed by atoms with Crippen LogP contribution >= 0.6 is 0 Å². The standard InChI is InChI=1S/C11H12N2O/c1-7-11-9(10(14)6-12-7)4-5-13(11)8-2-3-8/h4-6,8,14H,2-3H2,1H3. The van der Waals surface area contributed by atoms with E-state index in [0.29, 0.717) is 6.04 Å². The van der Waals surface area contributed by atoms with Crippen molar-refractivity contribution >= 4 is 10.9 Å². The van der Waals surface area contributed by atoms with Gasteiger partial charge in [-0.3, -0.25) is 4.98 Å². The number of hydrogen-bond acceptors (Lipinski definition) is 2. The summed E-state index contributed by atoms with van der Waals surface area (Å²) >= 11 is 0. The summed E-state index contributed by atoms with van der Waals surface area (Å²) < 4.78 is 2.23. The zero-order valence-electron chi connectivity index (χ0n) is 8.07. The van der Waals surface area contributed by atoms with E-state index >= 15 is 0 Å². The molecule has 0 radical (unpaired) electrons. The lowest BCUT2D eigenvalue weighted by Crippen LogP contribution is -1.94. The third-order valence-corrected chi connectivity index (χ3v) is 2.85. The van der Waals surface area contributed by atoms with E-state index in [9.17, 15) is 5.11 Å². The smallest absolute Gasteiger partial charge is 0.143 e. The van der Waals surface area contributed by atoms with Gasteiger partial charge < -0.3 is 9.67 Å². The maximum atomic E-state index is 9.64. The van der Waals surface area contributed by atoms with Gasteiger partial charge in [0.05, 0.1) is 17.4 Å². The molecule has 1 N–H and O–H groups in total. The van der Waals surface area contributed by atoms with Crippen LogP contribution in [0.15, 0.2) is 18.5 Å². The molecule has 2 aromatic heterocycles. The molecular formula is C11H12N2O. The molecule has 0 aromatic carbocycles. The Labute approximate surface area is 82.0 Å². The summed E-state index contributed by atoms with van der Waals surface area (Å²) in [4.78, 5) is 4.18. The molecule has 2 heterocycles. The van der Waals surface area contributed by atoms with E-state index in [2.05, 4.69) is 15.7 Å². The Morgan fingerprint density at radius 3 is 3.00 bits per heavy atom. The van der Waals surface area contributed by atoms with E-state index < -0.39 is 0 Å². The molecule has 1 aliphatic rings. The first-order valence-electron chi connectivity index (χ1n) is 4.92. The van der Waals surface area contributed by atoms with Gasteiger partial charge in [-0.05, 0) is 25.8 Å². The normalized spacial score (nSPS) is 16.4. The highest BCUT2D eigenvalue weighted by atomic mass is 16.3. The molecule has 1 aliphatic carbocycles. The highest BCUT2D eigenvalue weighted by Crippen LogP contribution is 2.39. The number of pyridine rings is 1. The summed E-state index contributed by atoms with van der Waals surface area (Å²) in [5, 5.41) is 10.6. The molecule has 0 aliphatic heterocycles. The van der Waals surface area contributed by atoms with Crippen LogP contribution in [0, 0.1) is 6.92 Å². The SMILES string of the molecule is Cc1ncc(O)c2ccn(C3CC3)c12. The van der Waals surface area contributed by atoms with Gasteiger partial charge in [0.15, 0.2) is 0 Å². The monoisotopic (exact) mass is 188 g/mol. The van der Waals surface area contributed by atoms with Crippen molar-refractivity contribution in [3.63, 3.8) is 0 Å². The fourth-order valence-electron chi connectivity index (χ4n) is 1.98.